The number of hydrogen-bond acceptors (Lipinski definition) is 4. The summed E-state index contributed by atoms with van der Waals surface area (Å²) in [6.07, 6.45) is 6.49. The van der Waals surface area contributed by atoms with Gasteiger partial charge in [0.15, 0.2) is 5.82 Å². The predicted molar refractivity (Wildman–Crippen MR) is 70.4 cm³/mol. The monoisotopic (exact) mass is 243 g/mol. The van der Waals surface area contributed by atoms with E-state index < -0.39 is 0 Å². The van der Waals surface area contributed by atoms with Crippen LogP contribution in [0.3, 0.4) is 0 Å². The highest BCUT2D eigenvalue weighted by atomic mass is 15.3. The molecule has 0 radical (unpaired) electrons. The highest BCUT2D eigenvalue weighted by molar-refractivity contribution is 5.56. The van der Waals surface area contributed by atoms with Crippen LogP contribution in [0.1, 0.15) is 24.1 Å². The molecule has 0 saturated heterocycles. The van der Waals surface area contributed by atoms with Crippen molar-refractivity contribution in [2.45, 2.75) is 25.7 Å². The van der Waals surface area contributed by atoms with E-state index in [1.54, 1.807) is 4.68 Å². The summed E-state index contributed by atoms with van der Waals surface area (Å²) >= 11 is 0. The average Bonchev–Trinajstić information content (AvgIpc) is 2.84. The van der Waals surface area contributed by atoms with E-state index >= 15 is 0 Å². The molecule has 3 rings (SSSR count). The Labute approximate surface area is 106 Å². The van der Waals surface area contributed by atoms with Crippen LogP contribution in [0.2, 0.25) is 0 Å². The van der Waals surface area contributed by atoms with Gasteiger partial charge in [-0.1, -0.05) is 0 Å². The lowest BCUT2D eigenvalue weighted by Crippen LogP contribution is -2.12. The first kappa shape index (κ1) is 11.2. The lowest BCUT2D eigenvalue weighted by atomic mass is 9.96. The number of aryl methyl sites for hydroxylation is 2. The molecule has 0 atom stereocenters. The van der Waals surface area contributed by atoms with Crippen LogP contribution < -0.4 is 5.32 Å². The number of aromatic nitrogens is 4. The van der Waals surface area contributed by atoms with Crippen LogP contribution in [0, 0.1) is 0 Å². The van der Waals surface area contributed by atoms with Crippen LogP contribution >= 0.6 is 0 Å². The molecular formula is C13H17N5. The van der Waals surface area contributed by atoms with Crippen LogP contribution in [0.25, 0.3) is 11.5 Å². The number of nitrogens with zero attached hydrogens (tertiary/aromatic N) is 4. The number of anilines is 1. The fourth-order valence-electron chi connectivity index (χ4n) is 2.45. The second kappa shape index (κ2) is 4.40. The second-order valence-electron chi connectivity index (χ2n) is 4.65. The highest BCUT2D eigenvalue weighted by Gasteiger charge is 2.18. The standard InChI is InChI=1S/C13H17N5/c1-14-12-9-5-3-4-6-10(9)15-13(16-12)11-7-8-18(2)17-11/h7-8H,3-6H2,1-2H3,(H,14,15,16). The van der Waals surface area contributed by atoms with Gasteiger partial charge in [0.25, 0.3) is 0 Å². The largest absolute Gasteiger partial charge is 0.373 e. The molecule has 0 amide bonds. The van der Waals surface area contributed by atoms with Crippen molar-refractivity contribution in [2.24, 2.45) is 7.05 Å². The molecule has 0 unspecified atom stereocenters. The molecule has 0 saturated carbocycles. The van der Waals surface area contributed by atoms with Crippen molar-refractivity contribution in [3.63, 3.8) is 0 Å². The molecule has 1 aliphatic carbocycles. The molecule has 1 N–H and O–H groups in total. The molecule has 5 heteroatoms. The second-order valence-corrected chi connectivity index (χ2v) is 4.65. The molecule has 2 aromatic heterocycles. The molecule has 0 fully saturated rings. The molecule has 18 heavy (non-hydrogen) atoms. The quantitative estimate of drug-likeness (QED) is 0.873. The highest BCUT2D eigenvalue weighted by Crippen LogP contribution is 2.27. The summed E-state index contributed by atoms with van der Waals surface area (Å²) < 4.78 is 1.77. The van der Waals surface area contributed by atoms with Gasteiger partial charge >= 0.3 is 0 Å². The van der Waals surface area contributed by atoms with E-state index in [-0.39, 0.29) is 0 Å². The van der Waals surface area contributed by atoms with E-state index in [9.17, 15) is 0 Å². The van der Waals surface area contributed by atoms with Crippen LogP contribution in [-0.2, 0) is 19.9 Å². The lowest BCUT2D eigenvalue weighted by Gasteiger charge is -2.18. The van der Waals surface area contributed by atoms with Gasteiger partial charge in [-0.25, -0.2) is 9.97 Å². The molecule has 2 aromatic rings. The lowest BCUT2D eigenvalue weighted by molar-refractivity contribution is 0.664. The summed E-state index contributed by atoms with van der Waals surface area (Å²) in [5.74, 6) is 1.68. The molecule has 0 aliphatic heterocycles. The van der Waals surface area contributed by atoms with Gasteiger partial charge < -0.3 is 5.32 Å². The van der Waals surface area contributed by atoms with Crippen molar-refractivity contribution in [3.05, 3.63) is 23.5 Å². The van der Waals surface area contributed by atoms with Gasteiger partial charge in [-0.15, -0.1) is 0 Å². The summed E-state index contributed by atoms with van der Waals surface area (Å²) in [4.78, 5) is 9.27. The first-order valence-corrected chi connectivity index (χ1v) is 6.35. The Hall–Kier alpha value is -1.91. The molecule has 5 nitrogen and oxygen atoms in total. The van der Waals surface area contributed by atoms with Gasteiger partial charge in [-0.3, -0.25) is 4.68 Å². The fourth-order valence-corrected chi connectivity index (χ4v) is 2.45. The van der Waals surface area contributed by atoms with Gasteiger partial charge in [0, 0.05) is 31.5 Å². The third-order valence-electron chi connectivity index (χ3n) is 3.36. The summed E-state index contributed by atoms with van der Waals surface area (Å²) in [7, 11) is 3.82. The Bertz CT molecular complexity index is 556. The SMILES string of the molecule is CNc1nc(-c2ccn(C)n2)nc2c1CCCC2. The molecule has 2 heterocycles. The van der Waals surface area contributed by atoms with Crippen molar-refractivity contribution in [3.8, 4) is 11.5 Å². The van der Waals surface area contributed by atoms with Crippen molar-refractivity contribution in [1.29, 1.82) is 0 Å². The summed E-state index contributed by atoms with van der Waals surface area (Å²) in [5.41, 5.74) is 3.30. The minimum Gasteiger partial charge on any atom is -0.373 e. The van der Waals surface area contributed by atoms with Gasteiger partial charge in [0.2, 0.25) is 0 Å². The van der Waals surface area contributed by atoms with Gasteiger partial charge in [0.1, 0.15) is 11.5 Å². The number of rotatable bonds is 2. The van der Waals surface area contributed by atoms with E-state index in [4.69, 9.17) is 0 Å². The topological polar surface area (TPSA) is 55.6 Å². The molecule has 0 bridgehead atoms. The number of hydrogen-bond donors (Lipinski definition) is 1. The Kier molecular flexibility index (Phi) is 2.74. The molecular weight excluding hydrogens is 226 g/mol. The first-order valence-electron chi connectivity index (χ1n) is 6.35. The molecule has 0 spiro atoms. The van der Waals surface area contributed by atoms with E-state index in [2.05, 4.69) is 20.4 Å². The third-order valence-corrected chi connectivity index (χ3v) is 3.36. The van der Waals surface area contributed by atoms with Crippen molar-refractivity contribution in [1.82, 2.24) is 19.7 Å². The number of nitrogens with one attached hydrogen (secondary N) is 1. The van der Waals surface area contributed by atoms with Crippen molar-refractivity contribution in [2.75, 3.05) is 12.4 Å². The zero-order chi connectivity index (χ0) is 12.5. The van der Waals surface area contributed by atoms with Gasteiger partial charge in [-0.2, -0.15) is 5.10 Å². The van der Waals surface area contributed by atoms with E-state index in [1.165, 1.54) is 24.1 Å². The summed E-state index contributed by atoms with van der Waals surface area (Å²) in [5, 5.41) is 7.56. The van der Waals surface area contributed by atoms with Crippen LogP contribution in [0.15, 0.2) is 12.3 Å². The van der Waals surface area contributed by atoms with Crippen LogP contribution in [0.5, 0.6) is 0 Å². The number of fused-ring (bicyclic) bond motifs is 1. The zero-order valence-corrected chi connectivity index (χ0v) is 10.8. The Morgan fingerprint density at radius 1 is 1.22 bits per heavy atom. The minimum absolute atomic E-state index is 0.723. The van der Waals surface area contributed by atoms with Gasteiger partial charge in [0.05, 0.1) is 0 Å². The first-order chi connectivity index (χ1) is 8.78. The van der Waals surface area contributed by atoms with Crippen molar-refractivity contribution >= 4 is 5.82 Å². The van der Waals surface area contributed by atoms with E-state index in [1.807, 2.05) is 26.4 Å². The van der Waals surface area contributed by atoms with E-state index in [0.29, 0.717) is 0 Å². The van der Waals surface area contributed by atoms with E-state index in [0.717, 1.165) is 30.2 Å². The Morgan fingerprint density at radius 2 is 2.06 bits per heavy atom. The Balaban J connectivity index is 2.11. The summed E-state index contributed by atoms with van der Waals surface area (Å²) in [6, 6.07) is 1.95. The fraction of sp³-hybridized carbons (Fsp3) is 0.462. The normalized spacial score (nSPS) is 14.3. The molecule has 1 aliphatic rings. The van der Waals surface area contributed by atoms with Crippen LogP contribution in [-0.4, -0.2) is 26.8 Å². The maximum absolute atomic E-state index is 4.68. The Morgan fingerprint density at radius 3 is 2.78 bits per heavy atom. The maximum atomic E-state index is 4.68. The predicted octanol–water partition coefficient (Wildman–Crippen LogP) is 1.80. The van der Waals surface area contributed by atoms with Crippen molar-refractivity contribution < 1.29 is 0 Å². The van der Waals surface area contributed by atoms with Crippen LogP contribution in [0.4, 0.5) is 5.82 Å². The average molecular weight is 243 g/mol. The van der Waals surface area contributed by atoms with Gasteiger partial charge in [-0.05, 0) is 31.7 Å². The zero-order valence-electron chi connectivity index (χ0n) is 10.8. The molecule has 0 aromatic carbocycles. The smallest absolute Gasteiger partial charge is 0.182 e. The summed E-state index contributed by atoms with van der Waals surface area (Å²) in [6.45, 7) is 0. The molecule has 94 valence electrons. The maximum Gasteiger partial charge on any atom is 0.182 e. The third kappa shape index (κ3) is 1.85. The minimum atomic E-state index is 0.723.